The quantitative estimate of drug-likeness (QED) is 0.191. The summed E-state index contributed by atoms with van der Waals surface area (Å²) in [6, 6.07) is 0. The second kappa shape index (κ2) is 14.4. The van der Waals surface area contributed by atoms with Crippen LogP contribution in [-0.2, 0) is 9.53 Å². The van der Waals surface area contributed by atoms with Crippen molar-refractivity contribution in [1.29, 1.82) is 0 Å². The van der Waals surface area contributed by atoms with E-state index in [0.29, 0.717) is 29.8 Å². The van der Waals surface area contributed by atoms with Crippen LogP contribution in [0.4, 0.5) is 0 Å². The van der Waals surface area contributed by atoms with Gasteiger partial charge in [-0.2, -0.15) is 0 Å². The molecule has 0 rings (SSSR count). The summed E-state index contributed by atoms with van der Waals surface area (Å²) in [4.78, 5) is 12.1. The SMILES string of the molecule is CCC(/C=C\PC(/C=C\CC(=O)OC(C(C)C)C(C)C)CC)CC(C)C. The smallest absolute Gasteiger partial charge is 0.309 e. The van der Waals surface area contributed by atoms with Crippen LogP contribution in [0.1, 0.15) is 81.1 Å². The van der Waals surface area contributed by atoms with Gasteiger partial charge >= 0.3 is 5.97 Å². The van der Waals surface area contributed by atoms with E-state index in [9.17, 15) is 4.79 Å². The van der Waals surface area contributed by atoms with E-state index in [0.717, 1.165) is 20.9 Å². The summed E-state index contributed by atoms with van der Waals surface area (Å²) in [6.07, 6.45) is 10.6. The van der Waals surface area contributed by atoms with Gasteiger partial charge in [0.15, 0.2) is 0 Å². The molecule has 0 aliphatic carbocycles. The number of rotatable bonds is 13. The molecule has 0 bridgehead atoms. The highest BCUT2D eigenvalue weighted by atomic mass is 31.1. The van der Waals surface area contributed by atoms with Crippen LogP contribution in [0, 0.1) is 23.7 Å². The van der Waals surface area contributed by atoms with Gasteiger partial charge in [-0.3, -0.25) is 4.79 Å². The lowest BCUT2D eigenvalue weighted by atomic mass is 9.95. The van der Waals surface area contributed by atoms with Gasteiger partial charge in [-0.05, 0) is 48.6 Å². The maximum atomic E-state index is 12.1. The van der Waals surface area contributed by atoms with Crippen LogP contribution >= 0.6 is 8.58 Å². The van der Waals surface area contributed by atoms with Crippen molar-refractivity contribution in [2.75, 3.05) is 0 Å². The minimum Gasteiger partial charge on any atom is -0.462 e. The van der Waals surface area contributed by atoms with E-state index < -0.39 is 0 Å². The Labute approximate surface area is 165 Å². The van der Waals surface area contributed by atoms with Crippen molar-refractivity contribution >= 4 is 14.6 Å². The zero-order chi connectivity index (χ0) is 20.1. The second-order valence-corrected chi connectivity index (χ2v) is 9.82. The molecule has 0 aromatic heterocycles. The number of carbonyl (C=O) groups is 1. The van der Waals surface area contributed by atoms with Gasteiger partial charge in [-0.1, -0.05) is 88.0 Å². The van der Waals surface area contributed by atoms with Crippen LogP contribution in [0.2, 0.25) is 0 Å². The Balaban J connectivity index is 4.43. The fraction of sp³-hybridized carbons (Fsp3) is 0.783. The molecule has 0 amide bonds. The monoisotopic (exact) mass is 382 g/mol. The van der Waals surface area contributed by atoms with Gasteiger partial charge in [-0.25, -0.2) is 0 Å². The standard InChI is InChI=1S/C23H43O2P/c1-9-20(16-17(3)4)14-15-26-21(10-2)12-11-13-22(24)25-23(18(5)6)19(7)8/h11-12,14-15,17-21,23,26H,9-10,13,16H2,1-8H3/b12-11-,15-14-. The van der Waals surface area contributed by atoms with E-state index in [1.807, 2.05) is 6.08 Å². The molecule has 3 unspecified atom stereocenters. The molecule has 0 N–H and O–H groups in total. The molecule has 0 aliphatic heterocycles. The maximum Gasteiger partial charge on any atom is 0.309 e. The molecule has 0 radical (unpaired) electrons. The summed E-state index contributed by atoms with van der Waals surface area (Å²) in [5.74, 6) is 4.42. The molecule has 0 aromatic carbocycles. The van der Waals surface area contributed by atoms with E-state index in [1.165, 1.54) is 12.8 Å². The highest BCUT2D eigenvalue weighted by Gasteiger charge is 2.21. The van der Waals surface area contributed by atoms with Crippen molar-refractivity contribution in [1.82, 2.24) is 0 Å². The number of ether oxygens (including phenoxy) is 1. The van der Waals surface area contributed by atoms with Gasteiger partial charge in [0, 0.05) is 0 Å². The number of hydrogen-bond acceptors (Lipinski definition) is 2. The van der Waals surface area contributed by atoms with Gasteiger partial charge in [0.25, 0.3) is 0 Å². The van der Waals surface area contributed by atoms with Crippen molar-refractivity contribution in [2.45, 2.75) is 92.8 Å². The summed E-state index contributed by atoms with van der Waals surface area (Å²) in [6.45, 7) is 17.5. The molecule has 0 aromatic rings. The van der Waals surface area contributed by atoms with Crippen LogP contribution in [-0.4, -0.2) is 17.7 Å². The first kappa shape index (κ1) is 25.4. The number of carbonyl (C=O) groups excluding carboxylic acids is 1. The highest BCUT2D eigenvalue weighted by molar-refractivity contribution is 7.42. The van der Waals surface area contributed by atoms with Crippen molar-refractivity contribution in [3.8, 4) is 0 Å². The molecule has 0 fully saturated rings. The van der Waals surface area contributed by atoms with Crippen LogP contribution < -0.4 is 0 Å². The zero-order valence-electron chi connectivity index (χ0n) is 18.4. The Bertz CT molecular complexity index is 416. The fourth-order valence-corrected chi connectivity index (χ4v) is 4.30. The lowest BCUT2D eigenvalue weighted by Crippen LogP contribution is -2.28. The third-order valence-electron chi connectivity index (χ3n) is 4.65. The molecule has 0 heterocycles. The van der Waals surface area contributed by atoms with Crippen LogP contribution in [0.25, 0.3) is 0 Å². The van der Waals surface area contributed by atoms with E-state index in [4.69, 9.17) is 4.74 Å². The normalized spacial score (nSPS) is 15.5. The molecular weight excluding hydrogens is 339 g/mol. The van der Waals surface area contributed by atoms with Crippen molar-refractivity contribution < 1.29 is 9.53 Å². The molecule has 2 nitrogen and oxygen atoms in total. The minimum atomic E-state index is -0.106. The van der Waals surface area contributed by atoms with Gasteiger partial charge in [-0.15, -0.1) is 0 Å². The molecule has 0 aliphatic rings. The van der Waals surface area contributed by atoms with Gasteiger partial charge < -0.3 is 4.74 Å². The maximum absolute atomic E-state index is 12.1. The number of allylic oxidation sites excluding steroid dienone is 2. The molecule has 3 atom stereocenters. The topological polar surface area (TPSA) is 26.3 Å². The molecule has 26 heavy (non-hydrogen) atoms. The van der Waals surface area contributed by atoms with Crippen LogP contribution in [0.3, 0.4) is 0 Å². The van der Waals surface area contributed by atoms with Crippen LogP contribution in [0.15, 0.2) is 24.0 Å². The molecule has 0 saturated carbocycles. The summed E-state index contributed by atoms with van der Waals surface area (Å²) in [5, 5.41) is 0. The van der Waals surface area contributed by atoms with Crippen molar-refractivity contribution in [3.05, 3.63) is 24.0 Å². The first-order chi connectivity index (χ1) is 12.2. The molecule has 152 valence electrons. The first-order valence-corrected chi connectivity index (χ1v) is 11.6. The minimum absolute atomic E-state index is 0.00890. The number of esters is 1. The Morgan fingerprint density at radius 2 is 1.58 bits per heavy atom. The number of hydrogen-bond donors (Lipinski definition) is 0. The average molecular weight is 383 g/mol. The molecular formula is C23H43O2P. The lowest BCUT2D eigenvalue weighted by molar-refractivity contribution is -0.152. The van der Waals surface area contributed by atoms with E-state index in [2.05, 4.69) is 73.4 Å². The van der Waals surface area contributed by atoms with Gasteiger partial charge in [0.1, 0.15) is 6.10 Å². The zero-order valence-corrected chi connectivity index (χ0v) is 19.4. The Morgan fingerprint density at radius 1 is 0.962 bits per heavy atom. The Kier molecular flexibility index (Phi) is 14.1. The van der Waals surface area contributed by atoms with Crippen molar-refractivity contribution in [3.63, 3.8) is 0 Å². The van der Waals surface area contributed by atoms with Crippen LogP contribution in [0.5, 0.6) is 0 Å². The summed E-state index contributed by atoms with van der Waals surface area (Å²) >= 11 is 0. The molecule has 0 saturated heterocycles. The van der Waals surface area contributed by atoms with E-state index >= 15 is 0 Å². The largest absolute Gasteiger partial charge is 0.462 e. The molecule has 0 spiro atoms. The Hall–Kier alpha value is -0.620. The highest BCUT2D eigenvalue weighted by Crippen LogP contribution is 2.27. The summed E-state index contributed by atoms with van der Waals surface area (Å²) < 4.78 is 5.65. The summed E-state index contributed by atoms with van der Waals surface area (Å²) in [5.41, 5.74) is 0.529. The Morgan fingerprint density at radius 3 is 2.04 bits per heavy atom. The third-order valence-corrected chi connectivity index (χ3v) is 6.07. The predicted octanol–water partition coefficient (Wildman–Crippen LogP) is 7.20. The van der Waals surface area contributed by atoms with Gasteiger partial charge in [0.2, 0.25) is 0 Å². The second-order valence-electron chi connectivity index (χ2n) is 8.41. The predicted molar refractivity (Wildman–Crippen MR) is 118 cm³/mol. The first-order valence-electron chi connectivity index (χ1n) is 10.5. The van der Waals surface area contributed by atoms with Crippen molar-refractivity contribution in [2.24, 2.45) is 23.7 Å². The van der Waals surface area contributed by atoms with E-state index in [-0.39, 0.29) is 12.1 Å². The molecule has 3 heteroatoms. The fourth-order valence-electron chi connectivity index (χ4n) is 3.18. The average Bonchev–Trinajstić information content (AvgIpc) is 2.56. The van der Waals surface area contributed by atoms with E-state index in [1.54, 1.807) is 0 Å². The third kappa shape index (κ3) is 11.9. The lowest BCUT2D eigenvalue weighted by Gasteiger charge is -2.24. The summed E-state index contributed by atoms with van der Waals surface area (Å²) in [7, 11) is 0.788. The van der Waals surface area contributed by atoms with Gasteiger partial charge in [0.05, 0.1) is 6.42 Å².